The normalized spacial score (nSPS) is 12.6. The summed E-state index contributed by atoms with van der Waals surface area (Å²) >= 11 is 6.84. The van der Waals surface area contributed by atoms with Crippen molar-refractivity contribution in [1.82, 2.24) is 19.5 Å². The van der Waals surface area contributed by atoms with Crippen molar-refractivity contribution in [2.75, 3.05) is 4.72 Å². The van der Waals surface area contributed by atoms with E-state index < -0.39 is 27.2 Å². The van der Waals surface area contributed by atoms with E-state index in [1.54, 1.807) is 42.5 Å². The third kappa shape index (κ3) is 5.74. The molecule has 0 aliphatic rings. The van der Waals surface area contributed by atoms with Crippen LogP contribution in [0, 0.1) is 5.82 Å². The Kier molecular flexibility index (Phi) is 7.92. The number of sulfonamides is 1. The fraction of sp³-hybridized carbons (Fsp3) is 0.222. The van der Waals surface area contributed by atoms with Gasteiger partial charge in [-0.2, -0.15) is 0 Å². The molecule has 5 aromatic rings. The molecule has 3 heterocycles. The smallest absolute Gasteiger partial charge is 0.330 e. The van der Waals surface area contributed by atoms with Gasteiger partial charge in [0.05, 0.1) is 4.34 Å². The van der Waals surface area contributed by atoms with E-state index in [0.717, 1.165) is 24.2 Å². The van der Waals surface area contributed by atoms with Crippen LogP contribution >= 0.6 is 22.9 Å². The molecule has 208 valence electrons. The fourth-order valence-electron chi connectivity index (χ4n) is 4.43. The van der Waals surface area contributed by atoms with Gasteiger partial charge in [0.1, 0.15) is 21.4 Å². The highest BCUT2D eigenvalue weighted by molar-refractivity contribution is 7.94. The lowest BCUT2D eigenvalue weighted by atomic mass is 9.91. The molecule has 5 rings (SSSR count). The summed E-state index contributed by atoms with van der Waals surface area (Å²) in [7, 11) is -3.83. The van der Waals surface area contributed by atoms with Crippen LogP contribution in [-0.4, -0.2) is 27.9 Å². The molecule has 2 aromatic carbocycles. The van der Waals surface area contributed by atoms with Gasteiger partial charge in [0.2, 0.25) is 0 Å². The lowest BCUT2D eigenvalue weighted by molar-refractivity contribution is 0.598. The second kappa shape index (κ2) is 11.4. The van der Waals surface area contributed by atoms with Gasteiger partial charge in [0, 0.05) is 18.2 Å². The molecule has 13 heteroatoms. The second-order valence-electron chi connectivity index (χ2n) is 9.22. The molecule has 0 spiro atoms. The van der Waals surface area contributed by atoms with E-state index in [1.165, 1.54) is 22.8 Å². The van der Waals surface area contributed by atoms with Crippen molar-refractivity contribution in [3.05, 3.63) is 109 Å². The van der Waals surface area contributed by atoms with E-state index >= 15 is 0 Å². The fourth-order valence-corrected chi connectivity index (χ4v) is 6.98. The number of benzene rings is 2. The molecule has 0 bridgehead atoms. The van der Waals surface area contributed by atoms with Crippen molar-refractivity contribution in [2.24, 2.45) is 0 Å². The SMILES string of the molecule is CCCCn1c(=O)[nH]c(=O)c2[nH]c(C(Cc3ccccc3F)c3ccc(NS(=O)(=O)c4ccc(Cl)s4)cc3)nc21. The molecule has 0 amide bonds. The van der Waals surface area contributed by atoms with Gasteiger partial charge < -0.3 is 4.98 Å². The second-order valence-corrected chi connectivity index (χ2v) is 12.8. The average molecular weight is 602 g/mol. The molecule has 0 saturated carbocycles. The van der Waals surface area contributed by atoms with Crippen LogP contribution in [0.4, 0.5) is 10.1 Å². The number of nitrogens with one attached hydrogen (secondary N) is 3. The quantitative estimate of drug-likeness (QED) is 0.201. The number of anilines is 1. The molecular formula is C27H25ClFN5O4S2. The van der Waals surface area contributed by atoms with Gasteiger partial charge in [-0.3, -0.25) is 19.1 Å². The number of hydrogen-bond donors (Lipinski definition) is 3. The molecule has 0 saturated heterocycles. The van der Waals surface area contributed by atoms with Crippen LogP contribution in [0.15, 0.2) is 74.5 Å². The lowest BCUT2D eigenvalue weighted by Crippen LogP contribution is -2.30. The number of halogens is 2. The van der Waals surface area contributed by atoms with Gasteiger partial charge in [-0.25, -0.2) is 22.6 Å². The third-order valence-corrected chi connectivity index (χ3v) is 9.58. The number of aromatic nitrogens is 4. The van der Waals surface area contributed by atoms with Crippen LogP contribution in [0.1, 0.15) is 42.6 Å². The Morgan fingerprint density at radius 1 is 1.07 bits per heavy atom. The lowest BCUT2D eigenvalue weighted by Gasteiger charge is -2.17. The van der Waals surface area contributed by atoms with E-state index in [4.69, 9.17) is 11.6 Å². The van der Waals surface area contributed by atoms with Gasteiger partial charge in [-0.15, -0.1) is 11.3 Å². The van der Waals surface area contributed by atoms with E-state index in [1.807, 2.05) is 6.92 Å². The van der Waals surface area contributed by atoms with E-state index in [9.17, 15) is 22.4 Å². The van der Waals surface area contributed by atoms with Crippen molar-refractivity contribution in [3.8, 4) is 0 Å². The summed E-state index contributed by atoms with van der Waals surface area (Å²) in [6, 6.07) is 15.9. The minimum Gasteiger partial charge on any atom is -0.336 e. The molecule has 1 unspecified atom stereocenters. The number of fused-ring (bicyclic) bond motifs is 1. The maximum absolute atomic E-state index is 14.7. The first-order valence-corrected chi connectivity index (χ1v) is 15.2. The standard InChI is InChI=1S/C27H25ClFN5O4S2/c1-2-3-14-34-25-23(26(35)32-27(34)36)30-24(31-25)19(15-17-6-4-5-7-20(17)29)16-8-10-18(11-9-16)33-40(37,38)22-13-12-21(28)39-22/h4-13,19,33H,2-3,14-15H2,1H3,(H,30,31)(H,32,35,36). The van der Waals surface area contributed by atoms with Crippen LogP contribution in [0.5, 0.6) is 0 Å². The molecular weight excluding hydrogens is 577 g/mol. The first kappa shape index (κ1) is 27.8. The highest BCUT2D eigenvalue weighted by Crippen LogP contribution is 2.31. The Balaban J connectivity index is 1.55. The highest BCUT2D eigenvalue weighted by Gasteiger charge is 2.24. The number of aromatic amines is 2. The summed E-state index contributed by atoms with van der Waals surface area (Å²) in [6.07, 6.45) is 1.76. The van der Waals surface area contributed by atoms with Crippen molar-refractivity contribution >= 4 is 49.8 Å². The minimum atomic E-state index is -3.83. The highest BCUT2D eigenvalue weighted by atomic mass is 35.5. The molecule has 0 radical (unpaired) electrons. The number of H-pyrrole nitrogens is 2. The maximum Gasteiger partial charge on any atom is 0.330 e. The topological polar surface area (TPSA) is 130 Å². The monoisotopic (exact) mass is 601 g/mol. The summed E-state index contributed by atoms with van der Waals surface area (Å²) in [5, 5.41) is 0. The summed E-state index contributed by atoms with van der Waals surface area (Å²) in [5.41, 5.74) is 0.714. The number of rotatable bonds is 10. The van der Waals surface area contributed by atoms with E-state index in [2.05, 4.69) is 19.7 Å². The Labute approximate surface area is 237 Å². The van der Waals surface area contributed by atoms with Gasteiger partial charge in [0.15, 0.2) is 5.65 Å². The summed E-state index contributed by atoms with van der Waals surface area (Å²) in [5.74, 6) is -0.554. The number of aryl methyl sites for hydroxylation is 1. The predicted octanol–water partition coefficient (Wildman–Crippen LogP) is 5.24. The zero-order chi connectivity index (χ0) is 28.4. The summed E-state index contributed by atoms with van der Waals surface area (Å²) in [6.45, 7) is 2.38. The summed E-state index contributed by atoms with van der Waals surface area (Å²) < 4.78 is 44.5. The summed E-state index contributed by atoms with van der Waals surface area (Å²) in [4.78, 5) is 35.2. The van der Waals surface area contributed by atoms with Gasteiger partial charge >= 0.3 is 5.69 Å². The van der Waals surface area contributed by atoms with E-state index in [0.29, 0.717) is 33.5 Å². The molecule has 40 heavy (non-hydrogen) atoms. The van der Waals surface area contributed by atoms with Gasteiger partial charge in [0.25, 0.3) is 15.6 Å². The van der Waals surface area contributed by atoms with Crippen LogP contribution in [0.2, 0.25) is 4.34 Å². The number of imidazole rings is 1. The Morgan fingerprint density at radius 2 is 1.82 bits per heavy atom. The first-order chi connectivity index (χ1) is 19.2. The molecule has 1 atom stereocenters. The molecule has 3 N–H and O–H groups in total. The Hall–Kier alpha value is -3.74. The van der Waals surface area contributed by atoms with Gasteiger partial charge in [-0.1, -0.05) is 55.3 Å². The van der Waals surface area contributed by atoms with Crippen LogP contribution in [0.3, 0.4) is 0 Å². The number of nitrogens with zero attached hydrogens (tertiary/aromatic N) is 2. The zero-order valence-electron chi connectivity index (χ0n) is 21.3. The van der Waals surface area contributed by atoms with Crippen molar-refractivity contribution < 1.29 is 12.8 Å². The molecule has 0 aliphatic heterocycles. The minimum absolute atomic E-state index is 0.0839. The largest absolute Gasteiger partial charge is 0.336 e. The van der Waals surface area contributed by atoms with Crippen molar-refractivity contribution in [2.45, 2.75) is 42.9 Å². The molecule has 3 aromatic heterocycles. The Morgan fingerprint density at radius 3 is 2.50 bits per heavy atom. The maximum atomic E-state index is 14.7. The zero-order valence-corrected chi connectivity index (χ0v) is 23.7. The first-order valence-electron chi connectivity index (χ1n) is 12.5. The third-order valence-electron chi connectivity index (χ3n) is 6.48. The van der Waals surface area contributed by atoms with Crippen LogP contribution in [-0.2, 0) is 23.0 Å². The number of hydrogen-bond acceptors (Lipinski definition) is 6. The average Bonchev–Trinajstić information content (AvgIpc) is 3.56. The van der Waals surface area contributed by atoms with E-state index in [-0.39, 0.29) is 27.6 Å². The van der Waals surface area contributed by atoms with Crippen LogP contribution in [0.25, 0.3) is 11.2 Å². The number of thiophene rings is 1. The number of unbranched alkanes of at least 4 members (excludes halogenated alkanes) is 1. The molecule has 0 aliphatic carbocycles. The van der Waals surface area contributed by atoms with Gasteiger partial charge in [-0.05, 0) is 54.3 Å². The Bertz CT molecular complexity index is 1890. The van der Waals surface area contributed by atoms with Crippen molar-refractivity contribution in [1.29, 1.82) is 0 Å². The van der Waals surface area contributed by atoms with Crippen LogP contribution < -0.4 is 16.0 Å². The van der Waals surface area contributed by atoms with Crippen molar-refractivity contribution in [3.63, 3.8) is 0 Å². The molecule has 9 nitrogen and oxygen atoms in total. The predicted molar refractivity (Wildman–Crippen MR) is 154 cm³/mol. The molecule has 0 fully saturated rings.